The number of hydrogen-bond donors (Lipinski definition) is 0. The van der Waals surface area contributed by atoms with Crippen molar-refractivity contribution in [3.63, 3.8) is 0 Å². The Hall–Kier alpha value is -3.15. The third-order valence-corrected chi connectivity index (χ3v) is 3.92. The fraction of sp³-hybridized carbons (Fsp3) is 0.167. The topological polar surface area (TPSA) is 72.6 Å². The van der Waals surface area contributed by atoms with Crippen LogP contribution in [0.4, 0.5) is 0 Å². The van der Waals surface area contributed by atoms with E-state index in [2.05, 4.69) is 4.98 Å². The number of rotatable bonds is 3. The predicted octanol–water partition coefficient (Wildman–Crippen LogP) is 2.09. The molecule has 0 N–H and O–H groups in total. The maximum atomic E-state index is 12.4. The molecule has 1 amide bonds. The van der Waals surface area contributed by atoms with Crippen LogP contribution in [-0.2, 0) is 0 Å². The summed E-state index contributed by atoms with van der Waals surface area (Å²) in [6.45, 7) is 0.897. The number of carbonyl (C=O) groups is 1. The van der Waals surface area contributed by atoms with Gasteiger partial charge in [-0.3, -0.25) is 14.6 Å². The van der Waals surface area contributed by atoms with Crippen molar-refractivity contribution >= 4 is 16.9 Å². The van der Waals surface area contributed by atoms with Gasteiger partial charge in [-0.15, -0.1) is 0 Å². The average molecular weight is 322 g/mol. The molecule has 0 bridgehead atoms. The number of carbonyl (C=O) groups excluding carboxylic acids is 1. The van der Waals surface area contributed by atoms with Gasteiger partial charge in [0, 0.05) is 12.3 Å². The van der Waals surface area contributed by atoms with Crippen molar-refractivity contribution in [2.24, 2.45) is 0 Å². The first kappa shape index (κ1) is 14.4. The second kappa shape index (κ2) is 5.81. The Morgan fingerprint density at radius 3 is 2.83 bits per heavy atom. The van der Waals surface area contributed by atoms with Gasteiger partial charge in [-0.2, -0.15) is 0 Å². The van der Waals surface area contributed by atoms with E-state index in [0.29, 0.717) is 29.8 Å². The highest BCUT2D eigenvalue weighted by molar-refractivity contribution is 5.93. The van der Waals surface area contributed by atoms with Crippen LogP contribution in [0, 0.1) is 0 Å². The fourth-order valence-electron chi connectivity index (χ4n) is 2.65. The van der Waals surface area contributed by atoms with Gasteiger partial charge in [0.2, 0.25) is 0 Å². The first-order valence-corrected chi connectivity index (χ1v) is 7.59. The molecule has 3 aromatic rings. The van der Waals surface area contributed by atoms with Crippen LogP contribution in [0.25, 0.3) is 11.0 Å². The molecule has 3 heterocycles. The van der Waals surface area contributed by atoms with E-state index in [1.807, 2.05) is 6.07 Å². The van der Waals surface area contributed by atoms with Crippen LogP contribution in [0.15, 0.2) is 64.1 Å². The maximum Gasteiger partial charge on any atom is 0.289 e. The Morgan fingerprint density at radius 1 is 1.21 bits per heavy atom. The molecule has 1 saturated heterocycles. The summed E-state index contributed by atoms with van der Waals surface area (Å²) in [5.74, 6) is 0.425. The van der Waals surface area contributed by atoms with E-state index < -0.39 is 0 Å². The monoisotopic (exact) mass is 322 g/mol. The number of benzene rings is 1. The zero-order valence-corrected chi connectivity index (χ0v) is 12.7. The van der Waals surface area contributed by atoms with E-state index in [9.17, 15) is 9.59 Å². The Morgan fingerprint density at radius 2 is 2.04 bits per heavy atom. The molecule has 1 aliphatic rings. The van der Waals surface area contributed by atoms with Gasteiger partial charge in [0.15, 0.2) is 11.2 Å². The summed E-state index contributed by atoms with van der Waals surface area (Å²) in [6.07, 6.45) is 3.23. The second-order valence-electron chi connectivity index (χ2n) is 5.61. The summed E-state index contributed by atoms with van der Waals surface area (Å²) >= 11 is 0. The van der Waals surface area contributed by atoms with Crippen LogP contribution in [0.3, 0.4) is 0 Å². The molecule has 0 unspecified atom stereocenters. The minimum atomic E-state index is -0.302. The molecule has 6 nitrogen and oxygen atoms in total. The molecule has 1 aliphatic heterocycles. The lowest BCUT2D eigenvalue weighted by molar-refractivity contribution is 0.0154. The number of aromatic nitrogens is 1. The highest BCUT2D eigenvalue weighted by atomic mass is 16.5. The minimum Gasteiger partial charge on any atom is -0.485 e. The number of hydrogen-bond acceptors (Lipinski definition) is 5. The summed E-state index contributed by atoms with van der Waals surface area (Å²) in [5.41, 5.74) is 0.195. The number of nitrogens with zero attached hydrogens (tertiary/aromatic N) is 2. The Bertz CT molecular complexity index is 946. The van der Waals surface area contributed by atoms with Crippen molar-refractivity contribution in [3.05, 3.63) is 70.8 Å². The molecule has 24 heavy (non-hydrogen) atoms. The summed E-state index contributed by atoms with van der Waals surface area (Å²) in [4.78, 5) is 30.1. The van der Waals surface area contributed by atoms with Gasteiger partial charge in [0.05, 0.1) is 24.7 Å². The molecule has 1 fully saturated rings. The number of likely N-dealkylation sites (tertiary alicyclic amines) is 1. The molecular formula is C18H14N2O4. The summed E-state index contributed by atoms with van der Waals surface area (Å²) < 4.78 is 11.3. The van der Waals surface area contributed by atoms with Gasteiger partial charge < -0.3 is 14.1 Å². The SMILES string of the molecule is O=C(c1cc(=O)c2ccccc2o1)N1CC(Oc2cccnc2)C1. The van der Waals surface area contributed by atoms with Crippen LogP contribution < -0.4 is 10.2 Å². The average Bonchev–Trinajstić information content (AvgIpc) is 2.58. The van der Waals surface area contributed by atoms with Gasteiger partial charge in [-0.1, -0.05) is 12.1 Å². The Kier molecular flexibility index (Phi) is 3.49. The fourth-order valence-corrected chi connectivity index (χ4v) is 2.65. The van der Waals surface area contributed by atoms with Gasteiger partial charge >= 0.3 is 0 Å². The smallest absolute Gasteiger partial charge is 0.289 e. The lowest BCUT2D eigenvalue weighted by atomic mass is 10.1. The normalized spacial score (nSPS) is 14.4. The molecule has 0 spiro atoms. The van der Waals surface area contributed by atoms with Crippen molar-refractivity contribution in [2.45, 2.75) is 6.10 Å². The van der Waals surface area contributed by atoms with Crippen LogP contribution in [0.2, 0.25) is 0 Å². The molecule has 1 aromatic carbocycles. The molecule has 2 aromatic heterocycles. The Labute approximate surface area is 137 Å². The second-order valence-corrected chi connectivity index (χ2v) is 5.61. The molecule has 6 heteroatoms. The van der Waals surface area contributed by atoms with Gasteiger partial charge in [-0.25, -0.2) is 0 Å². The van der Waals surface area contributed by atoms with E-state index >= 15 is 0 Å². The van der Waals surface area contributed by atoms with E-state index in [-0.39, 0.29) is 23.2 Å². The molecule has 120 valence electrons. The van der Waals surface area contributed by atoms with Crippen LogP contribution in [-0.4, -0.2) is 35.0 Å². The minimum absolute atomic E-state index is 0.0542. The number of fused-ring (bicyclic) bond motifs is 1. The summed E-state index contributed by atoms with van der Waals surface area (Å²) in [6, 6.07) is 11.7. The van der Waals surface area contributed by atoms with E-state index in [1.165, 1.54) is 6.07 Å². The van der Waals surface area contributed by atoms with Crippen molar-refractivity contribution in [1.29, 1.82) is 0 Å². The first-order chi connectivity index (χ1) is 11.7. The van der Waals surface area contributed by atoms with E-state index in [4.69, 9.17) is 9.15 Å². The number of para-hydroxylation sites is 1. The molecular weight excluding hydrogens is 308 g/mol. The lowest BCUT2D eigenvalue weighted by Crippen LogP contribution is -2.56. The van der Waals surface area contributed by atoms with Crippen molar-refractivity contribution in [2.75, 3.05) is 13.1 Å². The Balaban J connectivity index is 1.47. The number of amides is 1. The highest BCUT2D eigenvalue weighted by Gasteiger charge is 2.34. The molecule has 0 atom stereocenters. The van der Waals surface area contributed by atoms with Crippen LogP contribution in [0.5, 0.6) is 5.75 Å². The van der Waals surface area contributed by atoms with E-state index in [0.717, 1.165) is 0 Å². The molecule has 0 saturated carbocycles. The third kappa shape index (κ3) is 2.62. The molecule has 0 radical (unpaired) electrons. The predicted molar refractivity (Wildman–Crippen MR) is 87.0 cm³/mol. The standard InChI is InChI=1S/C18H14N2O4/c21-15-8-17(24-16-6-2-1-5-14(15)16)18(22)20-10-13(11-20)23-12-4-3-7-19-9-12/h1-9,13H,10-11H2. The van der Waals surface area contributed by atoms with Gasteiger partial charge in [-0.05, 0) is 24.3 Å². The quantitative estimate of drug-likeness (QED) is 0.738. The third-order valence-electron chi connectivity index (χ3n) is 3.92. The summed E-state index contributed by atoms with van der Waals surface area (Å²) in [5, 5.41) is 0.468. The largest absolute Gasteiger partial charge is 0.485 e. The van der Waals surface area contributed by atoms with Crippen molar-refractivity contribution < 1.29 is 13.9 Å². The number of ether oxygens (including phenoxy) is 1. The molecule has 4 rings (SSSR count). The van der Waals surface area contributed by atoms with Crippen molar-refractivity contribution in [1.82, 2.24) is 9.88 Å². The molecule has 0 aliphatic carbocycles. The zero-order chi connectivity index (χ0) is 16.5. The number of pyridine rings is 1. The highest BCUT2D eigenvalue weighted by Crippen LogP contribution is 2.20. The van der Waals surface area contributed by atoms with E-state index in [1.54, 1.807) is 47.6 Å². The zero-order valence-electron chi connectivity index (χ0n) is 12.7. The van der Waals surface area contributed by atoms with Crippen LogP contribution >= 0.6 is 0 Å². The lowest BCUT2D eigenvalue weighted by Gasteiger charge is -2.38. The van der Waals surface area contributed by atoms with Crippen LogP contribution in [0.1, 0.15) is 10.6 Å². The van der Waals surface area contributed by atoms with Crippen molar-refractivity contribution in [3.8, 4) is 5.75 Å². The van der Waals surface area contributed by atoms with Gasteiger partial charge in [0.25, 0.3) is 5.91 Å². The van der Waals surface area contributed by atoms with Gasteiger partial charge in [0.1, 0.15) is 17.4 Å². The summed E-state index contributed by atoms with van der Waals surface area (Å²) in [7, 11) is 0. The first-order valence-electron chi connectivity index (χ1n) is 7.59. The maximum absolute atomic E-state index is 12.4.